The normalized spacial score (nSPS) is 10.9. The Labute approximate surface area is 207 Å². The number of nitrogens with zero attached hydrogens (tertiary/aromatic N) is 2. The van der Waals surface area contributed by atoms with E-state index in [-0.39, 0.29) is 12.5 Å². The molecule has 5 aromatic rings. The third kappa shape index (κ3) is 4.76. The quantitative estimate of drug-likeness (QED) is 0.257. The van der Waals surface area contributed by atoms with Gasteiger partial charge in [0, 0.05) is 5.56 Å². The Bertz CT molecular complexity index is 1390. The molecule has 0 spiro atoms. The van der Waals surface area contributed by atoms with Gasteiger partial charge in [0.05, 0.1) is 27.0 Å². The summed E-state index contributed by atoms with van der Waals surface area (Å²) in [5.41, 5.74) is 3.59. The first-order valence-electron chi connectivity index (χ1n) is 11.1. The molecule has 3 aromatic carbocycles. The fourth-order valence-electron chi connectivity index (χ4n) is 3.93. The SMILES string of the molecule is COc1ccc(OC)c2sc(N(Cc3ccco3)C(=O)c3ccc(Cc4ccccc4)cc3)nc12. The lowest BCUT2D eigenvalue weighted by molar-refractivity contribution is 0.0983. The van der Waals surface area contributed by atoms with Gasteiger partial charge < -0.3 is 13.9 Å². The Balaban J connectivity index is 1.49. The van der Waals surface area contributed by atoms with Crippen molar-refractivity contribution in [3.8, 4) is 11.5 Å². The van der Waals surface area contributed by atoms with E-state index in [0.717, 1.165) is 16.7 Å². The van der Waals surface area contributed by atoms with Crippen molar-refractivity contribution in [3.05, 3.63) is 108 Å². The molecule has 0 saturated heterocycles. The molecule has 0 saturated carbocycles. The highest BCUT2D eigenvalue weighted by Crippen LogP contribution is 2.40. The predicted octanol–water partition coefficient (Wildman–Crippen LogP) is 6.34. The average Bonchev–Trinajstić information content (AvgIpc) is 3.57. The Morgan fingerprint density at radius 1 is 0.886 bits per heavy atom. The lowest BCUT2D eigenvalue weighted by Gasteiger charge is -2.19. The maximum atomic E-state index is 13.7. The number of hydrogen-bond acceptors (Lipinski definition) is 6. The van der Waals surface area contributed by atoms with Gasteiger partial charge in [-0.2, -0.15) is 0 Å². The van der Waals surface area contributed by atoms with Crippen LogP contribution in [0.15, 0.2) is 89.5 Å². The van der Waals surface area contributed by atoms with Crippen molar-refractivity contribution in [2.45, 2.75) is 13.0 Å². The first kappa shape index (κ1) is 22.7. The van der Waals surface area contributed by atoms with Crippen molar-refractivity contribution in [2.24, 2.45) is 0 Å². The monoisotopic (exact) mass is 484 g/mol. The number of carbonyl (C=O) groups is 1. The van der Waals surface area contributed by atoms with E-state index in [9.17, 15) is 4.79 Å². The number of anilines is 1. The molecule has 2 heterocycles. The van der Waals surface area contributed by atoms with E-state index in [4.69, 9.17) is 18.9 Å². The van der Waals surface area contributed by atoms with Crippen molar-refractivity contribution < 1.29 is 18.7 Å². The van der Waals surface area contributed by atoms with Crippen LogP contribution < -0.4 is 14.4 Å². The largest absolute Gasteiger partial charge is 0.495 e. The third-order valence-electron chi connectivity index (χ3n) is 5.72. The summed E-state index contributed by atoms with van der Waals surface area (Å²) >= 11 is 1.38. The van der Waals surface area contributed by atoms with E-state index in [0.29, 0.717) is 33.5 Å². The fraction of sp³-hybridized carbons (Fsp3) is 0.143. The smallest absolute Gasteiger partial charge is 0.260 e. The highest BCUT2D eigenvalue weighted by Gasteiger charge is 2.25. The number of methoxy groups -OCH3 is 2. The Morgan fingerprint density at radius 3 is 2.29 bits per heavy atom. The molecule has 7 heteroatoms. The van der Waals surface area contributed by atoms with Gasteiger partial charge >= 0.3 is 0 Å². The van der Waals surface area contributed by atoms with E-state index in [1.54, 1.807) is 31.4 Å². The minimum atomic E-state index is -0.162. The second-order valence-corrected chi connectivity index (χ2v) is 8.95. The van der Waals surface area contributed by atoms with Crippen LogP contribution in [-0.4, -0.2) is 25.1 Å². The van der Waals surface area contributed by atoms with E-state index in [1.807, 2.05) is 60.7 Å². The molecule has 6 nitrogen and oxygen atoms in total. The molecule has 0 fully saturated rings. The number of furan rings is 1. The van der Waals surface area contributed by atoms with Gasteiger partial charge in [-0.25, -0.2) is 4.98 Å². The first-order chi connectivity index (χ1) is 17.2. The van der Waals surface area contributed by atoms with Gasteiger partial charge in [0.25, 0.3) is 5.91 Å². The maximum absolute atomic E-state index is 13.7. The molecule has 0 aliphatic heterocycles. The molecule has 0 bridgehead atoms. The van der Waals surface area contributed by atoms with Crippen LogP contribution in [0.25, 0.3) is 10.2 Å². The van der Waals surface area contributed by atoms with Gasteiger partial charge in [-0.05, 0) is 53.9 Å². The van der Waals surface area contributed by atoms with Crippen LogP contribution in [0.2, 0.25) is 0 Å². The summed E-state index contributed by atoms with van der Waals surface area (Å²) in [5, 5.41) is 0.539. The number of fused-ring (bicyclic) bond motifs is 1. The zero-order chi connectivity index (χ0) is 24.2. The topological polar surface area (TPSA) is 64.8 Å². The third-order valence-corrected chi connectivity index (χ3v) is 6.81. The molecule has 35 heavy (non-hydrogen) atoms. The molecular weight excluding hydrogens is 460 g/mol. The molecular formula is C28H24N2O4S. The molecule has 2 aromatic heterocycles. The van der Waals surface area contributed by atoms with Crippen molar-refractivity contribution in [1.29, 1.82) is 0 Å². The lowest BCUT2D eigenvalue weighted by Crippen LogP contribution is -2.30. The molecule has 176 valence electrons. The molecule has 0 radical (unpaired) electrons. The number of aromatic nitrogens is 1. The van der Waals surface area contributed by atoms with Crippen LogP contribution in [0, 0.1) is 0 Å². The highest BCUT2D eigenvalue weighted by atomic mass is 32.1. The Kier molecular flexibility index (Phi) is 6.50. The molecule has 0 aliphatic carbocycles. The van der Waals surface area contributed by atoms with Crippen LogP contribution in [0.5, 0.6) is 11.5 Å². The number of hydrogen-bond donors (Lipinski definition) is 0. The second kappa shape index (κ2) is 10.0. The van der Waals surface area contributed by atoms with Crippen LogP contribution in [-0.2, 0) is 13.0 Å². The maximum Gasteiger partial charge on any atom is 0.260 e. The lowest BCUT2D eigenvalue weighted by atomic mass is 10.0. The van der Waals surface area contributed by atoms with Crippen LogP contribution in [0.1, 0.15) is 27.2 Å². The summed E-state index contributed by atoms with van der Waals surface area (Å²) in [7, 11) is 3.21. The summed E-state index contributed by atoms with van der Waals surface area (Å²) < 4.78 is 17.4. The van der Waals surface area contributed by atoms with Gasteiger partial charge in [-0.15, -0.1) is 0 Å². The molecule has 0 atom stereocenters. The highest BCUT2D eigenvalue weighted by molar-refractivity contribution is 7.22. The molecule has 0 unspecified atom stereocenters. The predicted molar refractivity (Wildman–Crippen MR) is 138 cm³/mol. The van der Waals surface area contributed by atoms with E-state index < -0.39 is 0 Å². The Hall–Kier alpha value is -4.10. The number of ether oxygens (including phenoxy) is 2. The van der Waals surface area contributed by atoms with Crippen molar-refractivity contribution in [2.75, 3.05) is 19.1 Å². The minimum Gasteiger partial charge on any atom is -0.495 e. The van der Waals surface area contributed by atoms with Crippen molar-refractivity contribution in [1.82, 2.24) is 4.98 Å². The second-order valence-electron chi connectivity index (χ2n) is 7.97. The number of carbonyl (C=O) groups excluding carboxylic acids is 1. The van der Waals surface area contributed by atoms with Crippen molar-refractivity contribution in [3.63, 3.8) is 0 Å². The molecule has 1 amide bonds. The van der Waals surface area contributed by atoms with Gasteiger partial charge in [0.1, 0.15) is 27.5 Å². The van der Waals surface area contributed by atoms with Gasteiger partial charge in [-0.3, -0.25) is 9.69 Å². The van der Waals surface area contributed by atoms with Gasteiger partial charge in [0.2, 0.25) is 0 Å². The first-order valence-corrected chi connectivity index (χ1v) is 12.0. The van der Waals surface area contributed by atoms with E-state index in [1.165, 1.54) is 16.9 Å². The summed E-state index contributed by atoms with van der Waals surface area (Å²) in [5.74, 6) is 1.81. The number of thiazole rings is 1. The van der Waals surface area contributed by atoms with E-state index in [2.05, 4.69) is 12.1 Å². The average molecular weight is 485 g/mol. The zero-order valence-electron chi connectivity index (χ0n) is 19.4. The van der Waals surface area contributed by atoms with Gasteiger partial charge in [0.15, 0.2) is 5.13 Å². The standard InChI is InChI=1S/C28H24N2O4S/c1-32-23-14-15-24(33-2)26-25(23)29-28(35-26)30(18-22-9-6-16-34-22)27(31)21-12-10-20(11-13-21)17-19-7-4-3-5-8-19/h3-16H,17-18H2,1-2H3. The summed E-state index contributed by atoms with van der Waals surface area (Å²) in [6, 6.07) is 25.3. The molecule has 5 rings (SSSR count). The summed E-state index contributed by atoms with van der Waals surface area (Å²) in [6.07, 6.45) is 2.41. The molecule has 0 N–H and O–H groups in total. The number of amides is 1. The van der Waals surface area contributed by atoms with E-state index >= 15 is 0 Å². The van der Waals surface area contributed by atoms with Crippen molar-refractivity contribution >= 4 is 32.6 Å². The zero-order valence-corrected chi connectivity index (χ0v) is 20.2. The van der Waals surface area contributed by atoms with Crippen LogP contribution in [0.4, 0.5) is 5.13 Å². The number of benzene rings is 3. The summed E-state index contributed by atoms with van der Waals surface area (Å²) in [4.78, 5) is 20.1. The Morgan fingerprint density at radius 2 is 1.60 bits per heavy atom. The fourth-order valence-corrected chi connectivity index (χ4v) is 5.00. The summed E-state index contributed by atoms with van der Waals surface area (Å²) in [6.45, 7) is 0.252. The van der Waals surface area contributed by atoms with Crippen LogP contribution in [0.3, 0.4) is 0 Å². The minimum absolute atomic E-state index is 0.162. The molecule has 0 aliphatic rings. The van der Waals surface area contributed by atoms with Crippen LogP contribution >= 0.6 is 11.3 Å². The van der Waals surface area contributed by atoms with Gasteiger partial charge in [-0.1, -0.05) is 53.8 Å². The number of rotatable bonds is 8.